The number of rotatable bonds is 6. The van der Waals surface area contributed by atoms with E-state index in [0.717, 1.165) is 22.8 Å². The van der Waals surface area contributed by atoms with E-state index in [1.165, 1.54) is 0 Å². The van der Waals surface area contributed by atoms with Gasteiger partial charge in [0, 0.05) is 37.3 Å². The number of pyridine rings is 4. The second-order valence-corrected chi connectivity index (χ2v) is 10.2. The average Bonchev–Trinajstić information content (AvgIpc) is 2.94. The van der Waals surface area contributed by atoms with Gasteiger partial charge in [0.15, 0.2) is 0 Å². The minimum Gasteiger partial charge on any atom is -0.748 e. The number of nitrogens with zero attached hydrogens (tertiary/aromatic N) is 8. The van der Waals surface area contributed by atoms with Crippen LogP contribution in [0, 0.1) is 0 Å². The molecule has 4 heterocycles. The van der Waals surface area contributed by atoms with Crippen molar-refractivity contribution in [2.45, 2.75) is 0 Å². The summed E-state index contributed by atoms with van der Waals surface area (Å²) in [6, 6.07) is 22.5. The number of hydrogen-bond donors (Lipinski definition) is 0. The Balaban J connectivity index is 0. The second-order valence-electron chi connectivity index (χ2n) is 7.40. The van der Waals surface area contributed by atoms with Gasteiger partial charge in [-0.2, -0.15) is 20.4 Å². The van der Waals surface area contributed by atoms with Crippen molar-refractivity contribution in [1.29, 1.82) is 0 Å². The summed E-state index contributed by atoms with van der Waals surface area (Å²) < 4.78 is 54.5. The molecule has 0 aromatic carbocycles. The molecule has 0 unspecified atom stereocenters. The van der Waals surface area contributed by atoms with Crippen LogP contribution in [0.2, 0.25) is 0 Å². The van der Waals surface area contributed by atoms with Crippen LogP contribution >= 0.6 is 0 Å². The summed E-state index contributed by atoms with van der Waals surface area (Å²) in [5.74, 6) is 0. The number of aromatic nitrogens is 4. The largest absolute Gasteiger partial charge is 1.00 e. The smallest absolute Gasteiger partial charge is 0.748 e. The maximum Gasteiger partial charge on any atom is 1.00 e. The van der Waals surface area contributed by atoms with E-state index in [0.29, 0.717) is 12.5 Å². The van der Waals surface area contributed by atoms with Gasteiger partial charge in [0.25, 0.3) is 0 Å². The summed E-state index contributed by atoms with van der Waals surface area (Å²) in [4.78, 5) is 16.3. The zero-order valence-corrected chi connectivity index (χ0v) is 27.6. The summed E-state index contributed by atoms with van der Waals surface area (Å²) in [5.41, 5.74) is 3.11. The Morgan fingerprint density at radius 2 is 0.659 bits per heavy atom. The van der Waals surface area contributed by atoms with Crippen LogP contribution in [0.15, 0.2) is 118 Å². The molecule has 0 spiro atoms. The Morgan fingerprint density at radius 3 is 0.795 bits per heavy atom. The summed E-state index contributed by atoms with van der Waals surface area (Å²) in [6.45, 7) is 0. The van der Waals surface area contributed by atoms with Crippen molar-refractivity contribution in [3.8, 4) is 0 Å². The van der Waals surface area contributed by atoms with E-state index < -0.39 is 20.2 Å². The van der Waals surface area contributed by atoms with Gasteiger partial charge in [0.1, 0.15) is 0 Å². The third kappa shape index (κ3) is 30.1. The molecule has 0 atom stereocenters. The molecule has 4 aromatic rings. The summed E-state index contributed by atoms with van der Waals surface area (Å²) in [5, 5.41) is 15.5. The quantitative estimate of drug-likeness (QED) is 0.120. The predicted octanol–water partition coefficient (Wildman–Crippen LogP) is 2.18. The third-order valence-electron chi connectivity index (χ3n) is 3.64. The van der Waals surface area contributed by atoms with E-state index in [-0.39, 0.29) is 44.8 Å². The van der Waals surface area contributed by atoms with Crippen molar-refractivity contribution in [1.82, 2.24) is 19.9 Å². The average molecular weight is 826 g/mol. The molecule has 0 bridgehead atoms. The van der Waals surface area contributed by atoms with E-state index >= 15 is 0 Å². The first-order valence-electron chi connectivity index (χ1n) is 11.5. The molecule has 0 radical (unpaired) electrons. The minimum absolute atomic E-state index is 0. The van der Waals surface area contributed by atoms with Crippen molar-refractivity contribution in [3.05, 3.63) is 120 Å². The Labute approximate surface area is 287 Å². The molecule has 14 nitrogen and oxygen atoms in total. The first-order valence-corrected chi connectivity index (χ1v) is 15.1. The maximum absolute atomic E-state index is 9.08. The minimum atomic E-state index is -3.92. The fourth-order valence-electron chi connectivity index (χ4n) is 2.18. The van der Waals surface area contributed by atoms with Gasteiger partial charge in [0.2, 0.25) is 0 Å². The van der Waals surface area contributed by atoms with Crippen molar-refractivity contribution in [3.63, 3.8) is 0 Å². The maximum atomic E-state index is 9.08. The van der Waals surface area contributed by atoms with Crippen LogP contribution in [0.1, 0.15) is 22.8 Å². The van der Waals surface area contributed by atoms with Crippen molar-refractivity contribution in [2.24, 2.45) is 20.4 Å². The second kappa shape index (κ2) is 25.0. The van der Waals surface area contributed by atoms with E-state index in [9.17, 15) is 0 Å². The van der Waals surface area contributed by atoms with Gasteiger partial charge in [-0.05, 0) is 48.5 Å². The van der Waals surface area contributed by atoms with Crippen LogP contribution < -0.4 is 0 Å². The van der Waals surface area contributed by atoms with E-state index in [2.05, 4.69) is 40.3 Å². The molecular formula is C26H26Ag2N8O6S2. The summed E-state index contributed by atoms with van der Waals surface area (Å²) >= 11 is 0. The molecule has 0 saturated heterocycles. The first-order chi connectivity index (χ1) is 19.9. The molecule has 18 heteroatoms. The Bertz CT molecular complexity index is 1400. The Hall–Kier alpha value is -3.42. The van der Waals surface area contributed by atoms with Crippen LogP contribution in [0.5, 0.6) is 0 Å². The molecule has 44 heavy (non-hydrogen) atoms. The Kier molecular flexibility index (Phi) is 24.2. The standard InChI is InChI=1S/2C12H10N4.2CH4O3S.2Ag/c2*1-3-7-13-11(5-1)9-15-16-10-12-6-2-4-8-14-12;2*1-5(2,3)4;;/h2*1-10H;2*1H3,(H,2,3,4);;/q;;;;2*+1/p-2/b2*15-9+,16-10+;;;;. The molecule has 0 aliphatic rings. The van der Waals surface area contributed by atoms with Gasteiger partial charge in [-0.3, -0.25) is 19.9 Å². The van der Waals surface area contributed by atoms with Crippen LogP contribution in [-0.2, 0) is 65.0 Å². The van der Waals surface area contributed by atoms with Crippen LogP contribution in [0.3, 0.4) is 0 Å². The van der Waals surface area contributed by atoms with Crippen LogP contribution in [-0.4, -0.2) is 83.2 Å². The topological polar surface area (TPSA) is 215 Å². The SMILES string of the molecule is C(=N\N=C\c1ccccn1)/c1ccccn1.C(=N\N=C\c1ccccn1)/c1ccccn1.CS(=O)(=O)[O-].CS(=O)(=O)[O-].[Ag+].[Ag+]. The van der Waals surface area contributed by atoms with Gasteiger partial charge in [-0.15, -0.1) is 0 Å². The first kappa shape index (κ1) is 42.7. The molecule has 0 N–H and O–H groups in total. The van der Waals surface area contributed by atoms with E-state index in [4.69, 9.17) is 25.9 Å². The predicted molar refractivity (Wildman–Crippen MR) is 159 cm³/mol. The molecule has 0 saturated carbocycles. The van der Waals surface area contributed by atoms with Crippen LogP contribution in [0.4, 0.5) is 0 Å². The fraction of sp³-hybridized carbons (Fsp3) is 0.0769. The zero-order chi connectivity index (χ0) is 31.1. The molecular weight excluding hydrogens is 800 g/mol. The molecule has 0 fully saturated rings. The molecule has 240 valence electrons. The molecule has 4 aromatic heterocycles. The molecule has 0 amide bonds. The van der Waals surface area contributed by atoms with E-state index in [1.807, 2.05) is 72.8 Å². The van der Waals surface area contributed by atoms with Gasteiger partial charge in [0.05, 0.1) is 67.9 Å². The van der Waals surface area contributed by atoms with Gasteiger partial charge in [-0.25, -0.2) is 16.8 Å². The third-order valence-corrected chi connectivity index (χ3v) is 3.64. The molecule has 0 aliphatic carbocycles. The number of hydrogen-bond acceptors (Lipinski definition) is 14. The van der Waals surface area contributed by atoms with Gasteiger partial charge < -0.3 is 9.11 Å². The van der Waals surface area contributed by atoms with Gasteiger partial charge in [-0.1, -0.05) is 24.3 Å². The fourth-order valence-corrected chi connectivity index (χ4v) is 2.18. The summed E-state index contributed by atoms with van der Waals surface area (Å²) in [6.07, 6.45) is 14.4. The van der Waals surface area contributed by atoms with Crippen LogP contribution in [0.25, 0.3) is 0 Å². The van der Waals surface area contributed by atoms with E-state index in [1.54, 1.807) is 49.6 Å². The molecule has 0 aliphatic heterocycles. The molecule has 4 rings (SSSR count). The zero-order valence-electron chi connectivity index (χ0n) is 23.0. The van der Waals surface area contributed by atoms with Crippen molar-refractivity contribution < 1.29 is 70.7 Å². The Morgan fingerprint density at radius 1 is 0.477 bits per heavy atom. The normalized spacial score (nSPS) is 10.8. The van der Waals surface area contributed by atoms with Crippen molar-refractivity contribution >= 4 is 45.1 Å². The van der Waals surface area contributed by atoms with Gasteiger partial charge >= 0.3 is 44.8 Å². The summed E-state index contributed by atoms with van der Waals surface area (Å²) in [7, 11) is -7.83. The monoisotopic (exact) mass is 824 g/mol. The van der Waals surface area contributed by atoms with Crippen molar-refractivity contribution in [2.75, 3.05) is 12.5 Å².